The van der Waals surface area contributed by atoms with Gasteiger partial charge >= 0.3 is 0 Å². The summed E-state index contributed by atoms with van der Waals surface area (Å²) in [4.78, 5) is 15.3. The summed E-state index contributed by atoms with van der Waals surface area (Å²) in [5, 5.41) is 5.86. The van der Waals surface area contributed by atoms with E-state index in [4.69, 9.17) is 4.74 Å². The molecule has 0 aromatic carbocycles. The molecule has 0 spiro atoms. The Morgan fingerprint density at radius 3 is 2.81 bits per heavy atom. The first-order valence-electron chi connectivity index (χ1n) is 9.48. The molecule has 0 bridgehead atoms. The highest BCUT2D eigenvalue weighted by molar-refractivity contribution is 7.09. The Morgan fingerprint density at radius 2 is 2.04 bits per heavy atom. The van der Waals surface area contributed by atoms with Gasteiger partial charge in [-0.2, -0.15) is 0 Å². The van der Waals surface area contributed by atoms with Crippen molar-refractivity contribution in [3.8, 4) is 0 Å². The second-order valence-corrected chi connectivity index (χ2v) is 8.06. The minimum atomic E-state index is 0.544. The number of rotatable bonds is 6. The average Bonchev–Trinajstić information content (AvgIpc) is 3.21. The Bertz CT molecular complexity index is 657. The summed E-state index contributed by atoms with van der Waals surface area (Å²) in [5.41, 5.74) is 1.15. The number of hydrogen-bond donors (Lipinski definition) is 1. The largest absolute Gasteiger partial charge is 0.378 e. The standard InChI is InChI=1S/C19H27N5OS/c1-3-17(14-23(5-1)15-18-4-2-10-26-18)20-11-16-12-21-19(22-13-16)24-6-8-25-9-7-24/h2,4,10,12-13,17,20H,1,3,5-9,11,14-15H2. The van der Waals surface area contributed by atoms with Gasteiger partial charge in [-0.25, -0.2) is 9.97 Å². The Morgan fingerprint density at radius 1 is 1.19 bits per heavy atom. The van der Waals surface area contributed by atoms with E-state index in [0.29, 0.717) is 6.04 Å². The molecule has 2 saturated heterocycles. The van der Waals surface area contributed by atoms with Crippen molar-refractivity contribution in [2.45, 2.75) is 32.0 Å². The summed E-state index contributed by atoms with van der Waals surface area (Å²) in [6, 6.07) is 4.91. The van der Waals surface area contributed by atoms with E-state index in [1.54, 1.807) is 0 Å². The van der Waals surface area contributed by atoms with E-state index in [9.17, 15) is 0 Å². The maximum Gasteiger partial charge on any atom is 0.225 e. The highest BCUT2D eigenvalue weighted by Gasteiger charge is 2.20. The van der Waals surface area contributed by atoms with Crippen molar-refractivity contribution in [3.63, 3.8) is 0 Å². The van der Waals surface area contributed by atoms with Crippen LogP contribution in [0.4, 0.5) is 5.95 Å². The molecule has 26 heavy (non-hydrogen) atoms. The lowest BCUT2D eigenvalue weighted by Gasteiger charge is -2.33. The molecule has 2 aliphatic heterocycles. The molecule has 6 nitrogen and oxygen atoms in total. The fourth-order valence-electron chi connectivity index (χ4n) is 3.62. The summed E-state index contributed by atoms with van der Waals surface area (Å²) in [7, 11) is 0. The molecule has 0 radical (unpaired) electrons. The first kappa shape index (κ1) is 17.9. The van der Waals surface area contributed by atoms with Gasteiger partial charge in [0.05, 0.1) is 13.2 Å². The number of nitrogens with one attached hydrogen (secondary N) is 1. The van der Waals surface area contributed by atoms with Crippen molar-refractivity contribution in [1.82, 2.24) is 20.2 Å². The topological polar surface area (TPSA) is 53.5 Å². The number of likely N-dealkylation sites (tertiary alicyclic amines) is 1. The molecule has 2 aromatic rings. The summed E-state index contributed by atoms with van der Waals surface area (Å²) in [6.07, 6.45) is 6.41. The zero-order chi connectivity index (χ0) is 17.6. The van der Waals surface area contributed by atoms with Crippen molar-refractivity contribution >= 4 is 17.3 Å². The quantitative estimate of drug-likeness (QED) is 0.837. The number of ether oxygens (including phenoxy) is 1. The van der Waals surface area contributed by atoms with Crippen molar-refractivity contribution in [2.75, 3.05) is 44.3 Å². The van der Waals surface area contributed by atoms with Crippen LogP contribution in [0.25, 0.3) is 0 Å². The Kier molecular flexibility index (Phi) is 6.11. The molecule has 4 rings (SSSR count). The summed E-state index contributed by atoms with van der Waals surface area (Å²) < 4.78 is 5.38. The van der Waals surface area contributed by atoms with Crippen molar-refractivity contribution in [1.29, 1.82) is 0 Å². The minimum Gasteiger partial charge on any atom is -0.378 e. The fourth-order valence-corrected chi connectivity index (χ4v) is 4.36. The van der Waals surface area contributed by atoms with E-state index in [0.717, 1.165) is 57.4 Å². The molecule has 1 unspecified atom stereocenters. The van der Waals surface area contributed by atoms with Gasteiger partial charge < -0.3 is 15.0 Å². The van der Waals surface area contributed by atoms with E-state index in [2.05, 4.69) is 42.6 Å². The number of nitrogens with zero attached hydrogens (tertiary/aromatic N) is 4. The zero-order valence-corrected chi connectivity index (χ0v) is 16.0. The molecule has 2 aliphatic rings. The molecule has 1 atom stereocenters. The molecule has 2 aromatic heterocycles. The van der Waals surface area contributed by atoms with Crippen LogP contribution in [-0.4, -0.2) is 60.3 Å². The van der Waals surface area contributed by atoms with E-state index < -0.39 is 0 Å². The number of aromatic nitrogens is 2. The van der Waals surface area contributed by atoms with Crippen molar-refractivity contribution in [2.24, 2.45) is 0 Å². The lowest BCUT2D eigenvalue weighted by Crippen LogP contribution is -2.44. The molecule has 7 heteroatoms. The van der Waals surface area contributed by atoms with Crippen LogP contribution in [-0.2, 0) is 17.8 Å². The van der Waals surface area contributed by atoms with E-state index >= 15 is 0 Å². The highest BCUT2D eigenvalue weighted by Crippen LogP contribution is 2.17. The van der Waals surface area contributed by atoms with Crippen LogP contribution in [0.1, 0.15) is 23.3 Å². The number of anilines is 1. The van der Waals surface area contributed by atoms with Gasteiger partial charge in [-0.1, -0.05) is 6.07 Å². The highest BCUT2D eigenvalue weighted by atomic mass is 32.1. The van der Waals surface area contributed by atoms with Gasteiger partial charge in [0.15, 0.2) is 0 Å². The molecular formula is C19H27N5OS. The maximum absolute atomic E-state index is 5.38. The third kappa shape index (κ3) is 4.79. The van der Waals surface area contributed by atoms with E-state index in [1.807, 2.05) is 23.7 Å². The number of piperidine rings is 1. The SMILES string of the molecule is c1csc(CN2CCCC(NCc3cnc(N4CCOCC4)nc3)C2)c1. The first-order valence-corrected chi connectivity index (χ1v) is 10.4. The van der Waals surface area contributed by atoms with Crippen molar-refractivity contribution in [3.05, 3.63) is 40.3 Å². The lowest BCUT2D eigenvalue weighted by molar-refractivity contribution is 0.122. The molecule has 0 aliphatic carbocycles. The second-order valence-electron chi connectivity index (χ2n) is 7.03. The van der Waals surface area contributed by atoms with Gasteiger partial charge in [0, 0.05) is 61.6 Å². The third-order valence-corrected chi connectivity index (χ3v) is 5.91. The fraction of sp³-hybridized carbons (Fsp3) is 0.579. The molecule has 140 valence electrons. The molecule has 0 amide bonds. The lowest BCUT2D eigenvalue weighted by atomic mass is 10.1. The third-order valence-electron chi connectivity index (χ3n) is 5.05. The van der Waals surface area contributed by atoms with E-state index in [-0.39, 0.29) is 0 Å². The zero-order valence-electron chi connectivity index (χ0n) is 15.1. The number of hydrogen-bond acceptors (Lipinski definition) is 7. The van der Waals surface area contributed by atoms with Crippen LogP contribution in [0.2, 0.25) is 0 Å². The predicted molar refractivity (Wildman–Crippen MR) is 105 cm³/mol. The van der Waals surface area contributed by atoms with Crippen LogP contribution < -0.4 is 10.2 Å². The summed E-state index contributed by atoms with van der Waals surface area (Å²) in [6.45, 7) is 7.50. The van der Waals surface area contributed by atoms with Crippen LogP contribution in [0.5, 0.6) is 0 Å². The van der Waals surface area contributed by atoms with Crippen LogP contribution in [0.3, 0.4) is 0 Å². The monoisotopic (exact) mass is 373 g/mol. The van der Waals surface area contributed by atoms with Crippen LogP contribution in [0.15, 0.2) is 29.9 Å². The summed E-state index contributed by atoms with van der Waals surface area (Å²) in [5.74, 6) is 0.817. The number of thiophene rings is 1. The van der Waals surface area contributed by atoms with Gasteiger partial charge in [-0.05, 0) is 30.8 Å². The normalized spacial score (nSPS) is 21.8. The van der Waals surface area contributed by atoms with Crippen LogP contribution >= 0.6 is 11.3 Å². The van der Waals surface area contributed by atoms with Crippen molar-refractivity contribution < 1.29 is 4.74 Å². The Balaban J connectivity index is 1.25. The molecular weight excluding hydrogens is 346 g/mol. The van der Waals surface area contributed by atoms with Gasteiger partial charge in [0.25, 0.3) is 0 Å². The first-order chi connectivity index (χ1) is 12.9. The van der Waals surface area contributed by atoms with Gasteiger partial charge in [-0.15, -0.1) is 11.3 Å². The molecule has 1 N–H and O–H groups in total. The van der Waals surface area contributed by atoms with Gasteiger partial charge in [0.2, 0.25) is 5.95 Å². The Hall–Kier alpha value is -1.54. The van der Waals surface area contributed by atoms with Gasteiger partial charge in [-0.3, -0.25) is 4.90 Å². The average molecular weight is 374 g/mol. The Labute approximate surface area is 159 Å². The number of morpholine rings is 1. The molecule has 2 fully saturated rings. The smallest absolute Gasteiger partial charge is 0.225 e. The van der Waals surface area contributed by atoms with Gasteiger partial charge in [0.1, 0.15) is 0 Å². The van der Waals surface area contributed by atoms with E-state index in [1.165, 1.54) is 24.3 Å². The summed E-state index contributed by atoms with van der Waals surface area (Å²) >= 11 is 1.85. The van der Waals surface area contributed by atoms with Crippen LogP contribution in [0, 0.1) is 0 Å². The minimum absolute atomic E-state index is 0.544. The maximum atomic E-state index is 5.38. The molecule has 4 heterocycles. The molecule has 0 saturated carbocycles. The predicted octanol–water partition coefficient (Wildman–Crippen LogP) is 2.13. The second kappa shape index (κ2) is 8.90.